The minimum Gasteiger partial charge on any atom is -0.744 e. The van der Waals surface area contributed by atoms with Crippen molar-refractivity contribution >= 4 is 54.6 Å². The van der Waals surface area contributed by atoms with Gasteiger partial charge in [-0.05, 0) is 73.5 Å². The van der Waals surface area contributed by atoms with Gasteiger partial charge in [0.05, 0.1) is 54.8 Å². The van der Waals surface area contributed by atoms with Crippen LogP contribution in [0.3, 0.4) is 0 Å². The number of ketones is 2. The van der Waals surface area contributed by atoms with Crippen LogP contribution in [0, 0.1) is 13.8 Å². The number of hydrogen-bond acceptors (Lipinski definition) is 12. The molecular weight excluding hydrogens is 634 g/mol. The van der Waals surface area contributed by atoms with Gasteiger partial charge < -0.3 is 30.0 Å². The monoisotopic (exact) mass is 654 g/mol. The normalized spacial score (nSPS) is 12.4. The van der Waals surface area contributed by atoms with E-state index in [9.17, 15) is 45.7 Å². The Bertz CT molecular complexity index is 1930. The minimum atomic E-state index is -4.96. The molecule has 0 saturated heterocycles. The second-order valence-electron chi connectivity index (χ2n) is 9.58. The van der Waals surface area contributed by atoms with Gasteiger partial charge in [-0.1, -0.05) is 12.1 Å². The second-order valence-corrected chi connectivity index (χ2v) is 12.3. The molecule has 0 aliphatic heterocycles. The third-order valence-corrected chi connectivity index (χ3v) is 8.38. The van der Waals surface area contributed by atoms with Crippen molar-refractivity contribution in [1.82, 2.24) is 0 Å². The first-order valence-electron chi connectivity index (χ1n) is 12.1. The molecule has 4 aromatic rings. The van der Waals surface area contributed by atoms with Gasteiger partial charge in [0.15, 0.2) is 0 Å². The predicted molar refractivity (Wildman–Crippen MR) is 148 cm³/mol. The molecule has 0 saturated carbocycles. The SMILES string of the molecule is Cc1ccc(Nc2ccc(O)c3c2C(=O)c2c(O)ccc(Nc4ccc(C)cc4S(=O)(=O)[O-])c2C3=O)c(S(=O)(=O)[O-])c1.[Na+].[Na+]. The summed E-state index contributed by atoms with van der Waals surface area (Å²) in [6, 6.07) is 12.4. The number of anilines is 4. The molecule has 12 nitrogen and oxygen atoms in total. The zero-order valence-electron chi connectivity index (χ0n) is 23.8. The molecule has 0 aromatic heterocycles. The molecule has 0 amide bonds. The van der Waals surface area contributed by atoms with E-state index < -0.39 is 75.3 Å². The molecule has 1 aliphatic rings. The van der Waals surface area contributed by atoms with E-state index in [0.29, 0.717) is 11.1 Å². The van der Waals surface area contributed by atoms with Crippen molar-refractivity contribution in [3.05, 3.63) is 94.0 Å². The van der Waals surface area contributed by atoms with Crippen molar-refractivity contribution in [3.8, 4) is 11.5 Å². The number of nitrogens with one attached hydrogen (secondary N) is 2. The molecule has 0 bridgehead atoms. The molecule has 4 aromatic carbocycles. The van der Waals surface area contributed by atoms with Gasteiger partial charge in [0.25, 0.3) is 0 Å². The number of aromatic hydroxyl groups is 2. The maximum atomic E-state index is 13.8. The molecule has 0 radical (unpaired) electrons. The van der Waals surface area contributed by atoms with Gasteiger partial charge in [0.1, 0.15) is 31.7 Å². The molecule has 0 spiro atoms. The zero-order valence-corrected chi connectivity index (χ0v) is 29.4. The smallest absolute Gasteiger partial charge is 0.744 e. The number of aryl methyl sites for hydroxylation is 2. The third-order valence-electron chi connectivity index (χ3n) is 6.63. The van der Waals surface area contributed by atoms with E-state index in [1.54, 1.807) is 13.8 Å². The summed E-state index contributed by atoms with van der Waals surface area (Å²) in [5.41, 5.74) is -1.55. The topological polar surface area (TPSA) is 213 Å². The molecule has 0 heterocycles. The van der Waals surface area contributed by atoms with Crippen LogP contribution in [0.1, 0.15) is 43.0 Å². The fourth-order valence-electron chi connectivity index (χ4n) is 4.74. The number of fused-ring (bicyclic) bond motifs is 2. The van der Waals surface area contributed by atoms with Gasteiger partial charge in [-0.25, -0.2) is 16.8 Å². The Morgan fingerprint density at radius 1 is 0.545 bits per heavy atom. The molecule has 0 atom stereocenters. The molecule has 0 fully saturated rings. The van der Waals surface area contributed by atoms with Gasteiger partial charge in [0.2, 0.25) is 11.6 Å². The Balaban J connectivity index is 0.00000264. The molecule has 216 valence electrons. The molecule has 1 aliphatic carbocycles. The van der Waals surface area contributed by atoms with Crippen LogP contribution >= 0.6 is 0 Å². The van der Waals surface area contributed by atoms with Crippen molar-refractivity contribution in [3.63, 3.8) is 0 Å². The van der Waals surface area contributed by atoms with E-state index in [2.05, 4.69) is 10.6 Å². The van der Waals surface area contributed by atoms with Gasteiger partial charge >= 0.3 is 59.1 Å². The fourth-order valence-corrected chi connectivity index (χ4v) is 6.18. The molecule has 5 rings (SSSR count). The summed E-state index contributed by atoms with van der Waals surface area (Å²) in [4.78, 5) is 26.4. The van der Waals surface area contributed by atoms with Crippen molar-refractivity contribution in [2.75, 3.05) is 10.6 Å². The van der Waals surface area contributed by atoms with Gasteiger partial charge in [-0.3, -0.25) is 9.59 Å². The Morgan fingerprint density at radius 2 is 0.864 bits per heavy atom. The van der Waals surface area contributed by atoms with Crippen LogP contribution < -0.4 is 69.7 Å². The first kappa shape index (κ1) is 35.7. The van der Waals surface area contributed by atoms with E-state index in [1.165, 1.54) is 36.4 Å². The number of hydrogen-bond donors (Lipinski definition) is 4. The van der Waals surface area contributed by atoms with Crippen molar-refractivity contribution in [2.24, 2.45) is 0 Å². The van der Waals surface area contributed by atoms with Gasteiger partial charge in [-0.15, -0.1) is 0 Å². The molecular formula is C28H20N2Na2O10S2. The zero-order chi connectivity index (χ0) is 30.7. The van der Waals surface area contributed by atoms with Crippen LogP contribution in [0.4, 0.5) is 22.7 Å². The standard InChI is InChI=1S/C28H22N2O10S2.2Na/c1-13-3-5-15(21(11-13)41(35,36)37)29-17-7-9-19(31)25-23(17)27(33)26-20(32)10-8-18(24(26)28(25)34)30-16-6-4-14(2)12-22(16)42(38,39)40;;/h3-12,29-32H,1-2H3,(H,35,36,37)(H,38,39,40);;/q;2*+1/p-2. The Morgan fingerprint density at radius 3 is 1.18 bits per heavy atom. The molecule has 44 heavy (non-hydrogen) atoms. The summed E-state index contributed by atoms with van der Waals surface area (Å²) >= 11 is 0. The van der Waals surface area contributed by atoms with Crippen molar-refractivity contribution in [1.29, 1.82) is 0 Å². The number of carbonyl (C=O) groups is 2. The molecule has 16 heteroatoms. The number of carbonyl (C=O) groups excluding carboxylic acids is 2. The quantitative estimate of drug-likeness (QED) is 0.0872. The molecule has 4 N–H and O–H groups in total. The number of benzene rings is 4. The van der Waals surface area contributed by atoms with E-state index in [0.717, 1.165) is 24.3 Å². The van der Waals surface area contributed by atoms with Crippen LogP contribution in [0.2, 0.25) is 0 Å². The van der Waals surface area contributed by atoms with Gasteiger partial charge in [0, 0.05) is 0 Å². The van der Waals surface area contributed by atoms with Crippen LogP contribution in [0.25, 0.3) is 0 Å². The maximum absolute atomic E-state index is 13.8. The first-order chi connectivity index (χ1) is 19.6. The fraction of sp³-hybridized carbons (Fsp3) is 0.0714. The summed E-state index contributed by atoms with van der Waals surface area (Å²) in [6.45, 7) is 3.14. The maximum Gasteiger partial charge on any atom is 1.00 e. The summed E-state index contributed by atoms with van der Waals surface area (Å²) < 4.78 is 71.4. The summed E-state index contributed by atoms with van der Waals surface area (Å²) in [5, 5.41) is 26.7. The number of phenolic OH excluding ortho intramolecular Hbond substituents is 2. The van der Waals surface area contributed by atoms with Crippen LogP contribution in [-0.4, -0.2) is 47.7 Å². The van der Waals surface area contributed by atoms with E-state index in [-0.39, 0.29) is 81.9 Å². The minimum absolute atomic E-state index is 0. The van der Waals surface area contributed by atoms with E-state index in [4.69, 9.17) is 0 Å². The Kier molecular flexibility index (Phi) is 10.5. The average molecular weight is 655 g/mol. The second kappa shape index (κ2) is 12.9. The summed E-state index contributed by atoms with van der Waals surface area (Å²) in [6.07, 6.45) is 0. The van der Waals surface area contributed by atoms with Gasteiger partial charge in [-0.2, -0.15) is 0 Å². The molecule has 0 unspecified atom stereocenters. The van der Waals surface area contributed by atoms with Crippen molar-refractivity contribution < 1.29 is 105 Å². The van der Waals surface area contributed by atoms with Crippen molar-refractivity contribution in [2.45, 2.75) is 23.6 Å². The summed E-state index contributed by atoms with van der Waals surface area (Å²) in [5.74, 6) is -3.13. The summed E-state index contributed by atoms with van der Waals surface area (Å²) in [7, 11) is -9.93. The van der Waals surface area contributed by atoms with E-state index >= 15 is 0 Å². The Labute approximate surface area is 296 Å². The number of rotatable bonds is 6. The Hall–Kier alpha value is -2.76. The van der Waals surface area contributed by atoms with E-state index in [1.807, 2.05) is 0 Å². The first-order valence-corrected chi connectivity index (χ1v) is 14.9. The number of phenols is 2. The predicted octanol–water partition coefficient (Wildman–Crippen LogP) is -2.21. The largest absolute Gasteiger partial charge is 1.00 e. The third kappa shape index (κ3) is 6.60. The van der Waals surface area contributed by atoms with Crippen LogP contribution in [0.5, 0.6) is 11.5 Å². The van der Waals surface area contributed by atoms with Crippen LogP contribution in [-0.2, 0) is 20.2 Å². The van der Waals surface area contributed by atoms with Crippen LogP contribution in [0.15, 0.2) is 70.5 Å². The average Bonchev–Trinajstić information content (AvgIpc) is 2.89.